The minimum absolute atomic E-state index is 0.224. The maximum Gasteiger partial charge on any atom is 0.161 e. The van der Waals surface area contributed by atoms with Crippen LogP contribution in [0.2, 0.25) is 0 Å². The maximum atomic E-state index is 5.97. The molecule has 2 aliphatic carbocycles. The first-order valence-corrected chi connectivity index (χ1v) is 6.86. The van der Waals surface area contributed by atoms with Crippen molar-refractivity contribution in [3.8, 4) is 11.5 Å². The molecular formula is C15H19NO2. The largest absolute Gasteiger partial charge is 0.489 e. The van der Waals surface area contributed by atoms with E-state index in [-0.39, 0.29) is 5.41 Å². The molecule has 4 rings (SSSR count). The summed E-state index contributed by atoms with van der Waals surface area (Å²) in [6, 6.07) is 6.37. The average Bonchev–Trinajstić information content (AvgIpc) is 3.29. The van der Waals surface area contributed by atoms with Crippen LogP contribution in [0, 0.1) is 5.41 Å². The molecule has 0 saturated heterocycles. The van der Waals surface area contributed by atoms with Crippen LogP contribution < -0.4 is 15.2 Å². The highest BCUT2D eigenvalue weighted by Crippen LogP contribution is 2.52. The van der Waals surface area contributed by atoms with E-state index in [1.54, 1.807) is 0 Å². The molecule has 2 N–H and O–H groups in total. The van der Waals surface area contributed by atoms with Gasteiger partial charge in [-0.3, -0.25) is 0 Å². The molecule has 1 spiro atoms. The van der Waals surface area contributed by atoms with Crippen molar-refractivity contribution in [3.05, 3.63) is 23.8 Å². The summed E-state index contributed by atoms with van der Waals surface area (Å²) in [5, 5.41) is 0. The van der Waals surface area contributed by atoms with Gasteiger partial charge in [-0.25, -0.2) is 0 Å². The predicted molar refractivity (Wildman–Crippen MR) is 69.1 cm³/mol. The molecule has 3 heteroatoms. The highest BCUT2D eigenvalue weighted by atomic mass is 16.5. The topological polar surface area (TPSA) is 44.5 Å². The Hall–Kier alpha value is -1.22. The second kappa shape index (κ2) is 3.41. The maximum absolute atomic E-state index is 5.97. The molecule has 18 heavy (non-hydrogen) atoms. The van der Waals surface area contributed by atoms with Gasteiger partial charge in [0, 0.05) is 17.4 Å². The zero-order valence-corrected chi connectivity index (χ0v) is 10.6. The van der Waals surface area contributed by atoms with Gasteiger partial charge in [0.15, 0.2) is 11.5 Å². The third-order valence-electron chi connectivity index (χ3n) is 4.83. The summed E-state index contributed by atoms with van der Waals surface area (Å²) < 4.78 is 11.9. The van der Waals surface area contributed by atoms with Crippen molar-refractivity contribution in [3.63, 3.8) is 0 Å². The van der Waals surface area contributed by atoms with E-state index >= 15 is 0 Å². The Morgan fingerprint density at radius 3 is 2.33 bits per heavy atom. The number of benzene rings is 1. The van der Waals surface area contributed by atoms with Gasteiger partial charge >= 0.3 is 0 Å². The molecule has 3 nitrogen and oxygen atoms in total. The van der Waals surface area contributed by atoms with Crippen LogP contribution in [-0.4, -0.2) is 19.8 Å². The van der Waals surface area contributed by atoms with E-state index in [2.05, 4.69) is 18.2 Å². The highest BCUT2D eigenvalue weighted by molar-refractivity contribution is 5.47. The molecule has 2 saturated carbocycles. The normalized spacial score (nSPS) is 25.6. The Labute approximate surface area is 107 Å². The minimum Gasteiger partial charge on any atom is -0.489 e. The van der Waals surface area contributed by atoms with Crippen molar-refractivity contribution >= 4 is 0 Å². The van der Waals surface area contributed by atoms with Crippen LogP contribution in [0.3, 0.4) is 0 Å². The Morgan fingerprint density at radius 2 is 1.72 bits per heavy atom. The highest BCUT2D eigenvalue weighted by Gasteiger charge is 2.47. The first kappa shape index (κ1) is 10.7. The molecule has 2 fully saturated rings. The van der Waals surface area contributed by atoms with Gasteiger partial charge in [-0.05, 0) is 43.4 Å². The molecule has 1 heterocycles. The van der Waals surface area contributed by atoms with Crippen LogP contribution >= 0.6 is 0 Å². The van der Waals surface area contributed by atoms with E-state index in [1.165, 1.54) is 31.2 Å². The molecule has 0 bridgehead atoms. The van der Waals surface area contributed by atoms with Crippen LogP contribution in [0.4, 0.5) is 0 Å². The second-order valence-electron chi connectivity index (χ2n) is 6.22. The van der Waals surface area contributed by atoms with Crippen LogP contribution in [0.5, 0.6) is 11.5 Å². The summed E-state index contributed by atoms with van der Waals surface area (Å²) in [6.45, 7) is 2.34. The quantitative estimate of drug-likeness (QED) is 0.869. The van der Waals surface area contributed by atoms with Crippen molar-refractivity contribution in [1.29, 1.82) is 0 Å². The molecule has 1 aromatic carbocycles. The number of fused-ring (bicyclic) bond motifs is 1. The van der Waals surface area contributed by atoms with E-state index < -0.39 is 0 Å². The summed E-state index contributed by atoms with van der Waals surface area (Å²) >= 11 is 0. The Bertz CT molecular complexity index is 489. The van der Waals surface area contributed by atoms with Crippen LogP contribution in [0.1, 0.15) is 31.2 Å². The fraction of sp³-hybridized carbons (Fsp3) is 0.600. The van der Waals surface area contributed by atoms with E-state index in [9.17, 15) is 0 Å². The number of hydrogen-bond donors (Lipinski definition) is 1. The third kappa shape index (κ3) is 1.53. The average molecular weight is 245 g/mol. The van der Waals surface area contributed by atoms with Crippen molar-refractivity contribution in [2.24, 2.45) is 11.1 Å². The molecule has 3 aliphatic rings. The second-order valence-corrected chi connectivity index (χ2v) is 6.22. The van der Waals surface area contributed by atoms with Gasteiger partial charge in [-0.1, -0.05) is 6.07 Å². The molecule has 0 atom stereocenters. The minimum atomic E-state index is 0.224. The lowest BCUT2D eigenvalue weighted by Gasteiger charge is -2.15. The van der Waals surface area contributed by atoms with Crippen LogP contribution in [0.25, 0.3) is 0 Å². The molecule has 0 unspecified atom stereocenters. The number of nitrogens with two attached hydrogens (primary N) is 1. The molecule has 96 valence electrons. The fourth-order valence-electron chi connectivity index (χ4n) is 2.80. The van der Waals surface area contributed by atoms with Gasteiger partial charge in [0.1, 0.15) is 0 Å². The van der Waals surface area contributed by atoms with E-state index in [0.29, 0.717) is 5.41 Å². The van der Waals surface area contributed by atoms with Gasteiger partial charge in [-0.15, -0.1) is 0 Å². The SMILES string of the molecule is NCC1(c2ccc3c(c2)OCC2(CC2)CO3)CC1. The van der Waals surface area contributed by atoms with Gasteiger partial charge in [-0.2, -0.15) is 0 Å². The standard InChI is InChI=1S/C15H19NO2/c16-8-15(5-6-15)11-1-2-12-13(7-11)18-10-14(3-4-14)9-17-12/h1-2,7H,3-6,8-10,16H2. The first-order chi connectivity index (χ1) is 8.75. The summed E-state index contributed by atoms with van der Waals surface area (Å²) in [5.74, 6) is 1.81. The van der Waals surface area contributed by atoms with Crippen LogP contribution in [0.15, 0.2) is 18.2 Å². The van der Waals surface area contributed by atoms with Gasteiger partial charge in [0.25, 0.3) is 0 Å². The van der Waals surface area contributed by atoms with Crippen molar-refractivity contribution < 1.29 is 9.47 Å². The van der Waals surface area contributed by atoms with Crippen molar-refractivity contribution in [2.45, 2.75) is 31.1 Å². The van der Waals surface area contributed by atoms with E-state index in [0.717, 1.165) is 31.3 Å². The Morgan fingerprint density at radius 1 is 1.00 bits per heavy atom. The number of rotatable bonds is 2. The van der Waals surface area contributed by atoms with Crippen LogP contribution in [-0.2, 0) is 5.41 Å². The Kier molecular flexibility index (Phi) is 2.03. The fourth-order valence-corrected chi connectivity index (χ4v) is 2.80. The Balaban J connectivity index is 1.66. The third-order valence-corrected chi connectivity index (χ3v) is 4.83. The summed E-state index contributed by atoms with van der Waals surface area (Å²) in [4.78, 5) is 0. The predicted octanol–water partition coefficient (Wildman–Crippen LogP) is 2.23. The van der Waals surface area contributed by atoms with Gasteiger partial charge in [0.05, 0.1) is 13.2 Å². The number of hydrogen-bond acceptors (Lipinski definition) is 3. The van der Waals surface area contributed by atoms with Crippen molar-refractivity contribution in [2.75, 3.05) is 19.8 Å². The van der Waals surface area contributed by atoms with Crippen molar-refractivity contribution in [1.82, 2.24) is 0 Å². The summed E-state index contributed by atoms with van der Waals surface area (Å²) in [7, 11) is 0. The van der Waals surface area contributed by atoms with E-state index in [4.69, 9.17) is 15.2 Å². The first-order valence-electron chi connectivity index (χ1n) is 6.86. The molecule has 0 aromatic heterocycles. The number of ether oxygens (including phenoxy) is 2. The molecule has 0 amide bonds. The molecule has 1 aromatic rings. The zero-order valence-electron chi connectivity index (χ0n) is 10.6. The summed E-state index contributed by atoms with van der Waals surface area (Å²) in [5.41, 5.74) is 7.74. The van der Waals surface area contributed by atoms with E-state index in [1.807, 2.05) is 0 Å². The smallest absolute Gasteiger partial charge is 0.161 e. The monoisotopic (exact) mass is 245 g/mol. The lowest BCUT2D eigenvalue weighted by molar-refractivity contribution is 0.197. The lowest BCUT2D eigenvalue weighted by Crippen LogP contribution is -2.19. The zero-order chi connectivity index (χ0) is 12.2. The molecular weight excluding hydrogens is 226 g/mol. The van der Waals surface area contributed by atoms with Gasteiger partial charge in [0.2, 0.25) is 0 Å². The summed E-state index contributed by atoms with van der Waals surface area (Å²) in [6.07, 6.45) is 4.88. The molecule has 1 aliphatic heterocycles. The lowest BCUT2D eigenvalue weighted by atomic mass is 9.96. The molecule has 0 radical (unpaired) electrons. The van der Waals surface area contributed by atoms with Gasteiger partial charge < -0.3 is 15.2 Å².